The van der Waals surface area contributed by atoms with Gasteiger partial charge >= 0.3 is 0 Å². The number of anilines is 3. The quantitative estimate of drug-likeness (QED) is 0.137. The number of benzene rings is 4. The molecule has 1 aromatic heterocycles. The number of nitrogens with zero attached hydrogens (tertiary/aromatic N) is 3. The molecular formula is C36H41FN6O2S. The summed E-state index contributed by atoms with van der Waals surface area (Å²) in [5.41, 5.74) is 2.91. The number of hydrogen-bond donors (Lipinski definition) is 3. The molecule has 0 radical (unpaired) electrons. The number of halogens is 1. The van der Waals surface area contributed by atoms with E-state index >= 15 is 0 Å². The predicted molar refractivity (Wildman–Crippen MR) is 186 cm³/mol. The molecule has 1 fully saturated rings. The number of hydrogen-bond acceptors (Lipinski definition) is 7. The Morgan fingerprint density at radius 2 is 1.43 bits per heavy atom. The fourth-order valence-corrected chi connectivity index (χ4v) is 7.67. The van der Waals surface area contributed by atoms with Crippen LogP contribution >= 0.6 is 0 Å². The van der Waals surface area contributed by atoms with Crippen LogP contribution in [0.3, 0.4) is 0 Å². The van der Waals surface area contributed by atoms with E-state index in [0.717, 1.165) is 77.4 Å². The van der Waals surface area contributed by atoms with Crippen molar-refractivity contribution < 1.29 is 12.8 Å². The Bertz CT molecular complexity index is 1910. The van der Waals surface area contributed by atoms with Gasteiger partial charge < -0.3 is 15.5 Å². The standard InChI is InChI=1S/C36H41FN6O2S/c1-43(2)33-11-5-9-30-29(33)8-6-12-34(30)46(44,45)40-24-27-15-13-26(14-16-27)23-39-36-41-32-10-4-3-7-31(32)35(42-36)38-22-21-25-17-19-28(37)20-18-25/h3-12,17-20,26-27,40H,13-16,21-24H2,1-2H3,(H2,38,39,41,42). The minimum absolute atomic E-state index is 0.233. The predicted octanol–water partition coefficient (Wildman–Crippen LogP) is 6.84. The Morgan fingerprint density at radius 3 is 2.20 bits per heavy atom. The highest BCUT2D eigenvalue weighted by molar-refractivity contribution is 7.89. The Hall–Kier alpha value is -4.28. The number of sulfonamides is 1. The van der Waals surface area contributed by atoms with E-state index in [1.165, 1.54) is 12.1 Å². The van der Waals surface area contributed by atoms with E-state index in [1.54, 1.807) is 18.2 Å². The number of aromatic nitrogens is 2. The molecule has 10 heteroatoms. The molecule has 4 aromatic carbocycles. The van der Waals surface area contributed by atoms with Crippen molar-refractivity contribution in [2.75, 3.05) is 49.3 Å². The van der Waals surface area contributed by atoms with Crippen LogP contribution in [0.15, 0.2) is 89.8 Å². The zero-order valence-electron chi connectivity index (χ0n) is 26.3. The highest BCUT2D eigenvalue weighted by Crippen LogP contribution is 2.32. The minimum Gasteiger partial charge on any atom is -0.377 e. The summed E-state index contributed by atoms with van der Waals surface area (Å²) in [6.07, 6.45) is 4.69. The molecule has 46 heavy (non-hydrogen) atoms. The van der Waals surface area contributed by atoms with Gasteiger partial charge in [0.2, 0.25) is 16.0 Å². The number of rotatable bonds is 12. The van der Waals surface area contributed by atoms with Crippen LogP contribution in [0, 0.1) is 17.7 Å². The SMILES string of the molecule is CN(C)c1cccc2c(S(=O)(=O)NCC3CCC(CNc4nc(NCCc5ccc(F)cc5)c5ccccc5n4)CC3)cccc12. The molecule has 1 aliphatic rings. The summed E-state index contributed by atoms with van der Waals surface area (Å²) in [4.78, 5) is 11.9. The summed E-state index contributed by atoms with van der Waals surface area (Å²) in [6.45, 7) is 1.86. The van der Waals surface area contributed by atoms with Gasteiger partial charge in [-0.25, -0.2) is 22.5 Å². The molecule has 1 aliphatic carbocycles. The molecular weight excluding hydrogens is 600 g/mol. The summed E-state index contributed by atoms with van der Waals surface area (Å²) in [5.74, 6) is 1.89. The molecule has 0 aliphatic heterocycles. The Kier molecular flexibility index (Phi) is 9.65. The second kappa shape index (κ2) is 14.0. The molecule has 0 spiro atoms. The van der Waals surface area contributed by atoms with Crippen LogP contribution in [0.5, 0.6) is 0 Å². The number of fused-ring (bicyclic) bond motifs is 2. The van der Waals surface area contributed by atoms with Crippen molar-refractivity contribution in [2.45, 2.75) is 37.0 Å². The first-order chi connectivity index (χ1) is 22.3. The van der Waals surface area contributed by atoms with Crippen molar-refractivity contribution >= 4 is 49.2 Å². The van der Waals surface area contributed by atoms with Gasteiger partial charge in [-0.2, -0.15) is 4.98 Å². The summed E-state index contributed by atoms with van der Waals surface area (Å²) >= 11 is 0. The van der Waals surface area contributed by atoms with Crippen LogP contribution in [0.2, 0.25) is 0 Å². The molecule has 240 valence electrons. The van der Waals surface area contributed by atoms with E-state index in [9.17, 15) is 12.8 Å². The van der Waals surface area contributed by atoms with Crippen LogP contribution in [0.25, 0.3) is 21.7 Å². The molecule has 0 saturated heterocycles. The topological polar surface area (TPSA) is 99.3 Å². The van der Waals surface area contributed by atoms with Gasteiger partial charge in [0.15, 0.2) is 0 Å². The Labute approximate surface area is 270 Å². The maximum atomic E-state index is 13.4. The van der Waals surface area contributed by atoms with Crippen LogP contribution in [0.4, 0.5) is 21.8 Å². The van der Waals surface area contributed by atoms with Gasteiger partial charge in [0.05, 0.1) is 10.4 Å². The number of para-hydroxylation sites is 1. The zero-order valence-corrected chi connectivity index (χ0v) is 27.2. The van der Waals surface area contributed by atoms with Gasteiger partial charge in [0.25, 0.3) is 0 Å². The first-order valence-corrected chi connectivity index (χ1v) is 17.4. The molecule has 1 saturated carbocycles. The summed E-state index contributed by atoms with van der Waals surface area (Å²) < 4.78 is 43.0. The molecule has 1 heterocycles. The maximum absolute atomic E-state index is 13.4. The monoisotopic (exact) mass is 640 g/mol. The first kappa shape index (κ1) is 31.7. The largest absolute Gasteiger partial charge is 0.377 e. The van der Waals surface area contributed by atoms with E-state index in [-0.39, 0.29) is 5.82 Å². The van der Waals surface area contributed by atoms with Crippen LogP contribution < -0.4 is 20.3 Å². The van der Waals surface area contributed by atoms with E-state index in [0.29, 0.717) is 35.8 Å². The second-order valence-corrected chi connectivity index (χ2v) is 14.1. The van der Waals surface area contributed by atoms with Gasteiger partial charge in [0.1, 0.15) is 11.6 Å². The van der Waals surface area contributed by atoms with Gasteiger partial charge in [-0.3, -0.25) is 0 Å². The molecule has 0 unspecified atom stereocenters. The van der Waals surface area contributed by atoms with E-state index < -0.39 is 10.0 Å². The Balaban J connectivity index is 1.02. The van der Waals surface area contributed by atoms with Crippen LogP contribution in [0.1, 0.15) is 31.2 Å². The highest BCUT2D eigenvalue weighted by atomic mass is 32.2. The summed E-state index contributed by atoms with van der Waals surface area (Å²) in [5, 5.41) is 9.52. The van der Waals surface area contributed by atoms with Gasteiger partial charge in [0, 0.05) is 55.6 Å². The molecule has 0 amide bonds. The molecule has 8 nitrogen and oxygen atoms in total. The lowest BCUT2D eigenvalue weighted by Crippen LogP contribution is -2.32. The normalized spacial score (nSPS) is 16.8. The molecule has 6 rings (SSSR count). The van der Waals surface area contributed by atoms with Crippen molar-refractivity contribution in [3.05, 3.63) is 96.3 Å². The van der Waals surface area contributed by atoms with Crippen molar-refractivity contribution in [1.82, 2.24) is 14.7 Å². The van der Waals surface area contributed by atoms with Crippen LogP contribution in [-0.2, 0) is 16.4 Å². The van der Waals surface area contributed by atoms with E-state index in [2.05, 4.69) is 15.4 Å². The maximum Gasteiger partial charge on any atom is 0.241 e. The third kappa shape index (κ3) is 7.40. The smallest absolute Gasteiger partial charge is 0.241 e. The minimum atomic E-state index is -3.65. The number of nitrogens with one attached hydrogen (secondary N) is 3. The van der Waals surface area contributed by atoms with E-state index in [4.69, 9.17) is 9.97 Å². The molecule has 3 N–H and O–H groups in total. The lowest BCUT2D eigenvalue weighted by molar-refractivity contribution is 0.284. The van der Waals surface area contributed by atoms with Crippen molar-refractivity contribution in [3.63, 3.8) is 0 Å². The molecule has 0 bridgehead atoms. The fraction of sp³-hybridized carbons (Fsp3) is 0.333. The second-order valence-electron chi connectivity index (χ2n) is 12.4. The fourth-order valence-electron chi connectivity index (χ4n) is 6.34. The van der Waals surface area contributed by atoms with E-state index in [1.807, 2.05) is 73.6 Å². The zero-order chi connectivity index (χ0) is 32.1. The highest BCUT2D eigenvalue weighted by Gasteiger charge is 2.25. The molecule has 5 aromatic rings. The lowest BCUT2D eigenvalue weighted by Gasteiger charge is -2.29. The third-order valence-corrected chi connectivity index (χ3v) is 10.4. The van der Waals surface area contributed by atoms with Crippen LogP contribution in [-0.4, -0.2) is 52.1 Å². The lowest BCUT2D eigenvalue weighted by atomic mass is 9.82. The van der Waals surface area contributed by atoms with Gasteiger partial charge in [-0.15, -0.1) is 0 Å². The van der Waals surface area contributed by atoms with Crippen molar-refractivity contribution in [3.8, 4) is 0 Å². The van der Waals surface area contributed by atoms with Crippen molar-refractivity contribution in [2.24, 2.45) is 11.8 Å². The average molecular weight is 641 g/mol. The summed E-state index contributed by atoms with van der Waals surface area (Å²) in [7, 11) is 0.270. The molecule has 0 atom stereocenters. The first-order valence-electron chi connectivity index (χ1n) is 15.9. The van der Waals surface area contributed by atoms with Gasteiger partial charge in [-0.05, 0) is 85.9 Å². The van der Waals surface area contributed by atoms with Crippen molar-refractivity contribution in [1.29, 1.82) is 0 Å². The average Bonchev–Trinajstić information content (AvgIpc) is 3.07. The van der Waals surface area contributed by atoms with Gasteiger partial charge in [-0.1, -0.05) is 48.5 Å². The third-order valence-electron chi connectivity index (χ3n) is 8.93. The summed E-state index contributed by atoms with van der Waals surface area (Å²) in [6, 6.07) is 25.8. The Morgan fingerprint density at radius 1 is 0.761 bits per heavy atom.